The van der Waals surface area contributed by atoms with Crippen LogP contribution < -0.4 is 0 Å². The van der Waals surface area contributed by atoms with E-state index in [1.807, 2.05) is 19.1 Å². The number of para-hydroxylation sites is 1. The summed E-state index contributed by atoms with van der Waals surface area (Å²) < 4.78 is 28.3. The van der Waals surface area contributed by atoms with Crippen molar-refractivity contribution in [2.24, 2.45) is 0 Å². The topological polar surface area (TPSA) is 69.0 Å². The molecule has 0 unspecified atom stereocenters. The van der Waals surface area contributed by atoms with Gasteiger partial charge in [-0.25, -0.2) is 12.4 Å². The molecule has 0 N–H and O–H groups in total. The van der Waals surface area contributed by atoms with E-state index in [9.17, 15) is 13.2 Å². The highest BCUT2D eigenvalue weighted by molar-refractivity contribution is 7.90. The van der Waals surface area contributed by atoms with Crippen LogP contribution in [0.25, 0.3) is 22.3 Å². The summed E-state index contributed by atoms with van der Waals surface area (Å²) in [6.45, 7) is 1.95. The molecular formula is C23H20N2O3S. The van der Waals surface area contributed by atoms with Crippen LogP contribution in [0, 0.1) is 0 Å². The van der Waals surface area contributed by atoms with E-state index in [2.05, 4.69) is 4.98 Å². The first-order valence-electron chi connectivity index (χ1n) is 9.43. The minimum absolute atomic E-state index is 0.0183. The average Bonchev–Trinajstić information content (AvgIpc) is 3.15. The predicted octanol–water partition coefficient (Wildman–Crippen LogP) is 4.92. The van der Waals surface area contributed by atoms with Crippen molar-refractivity contribution in [3.8, 4) is 11.4 Å². The molecule has 4 rings (SSSR count). The lowest BCUT2D eigenvalue weighted by atomic mass is 10.1. The van der Waals surface area contributed by atoms with Crippen molar-refractivity contribution < 1.29 is 13.2 Å². The molecule has 2 heterocycles. The third-order valence-corrected chi connectivity index (χ3v) is 6.51. The number of aromatic nitrogens is 2. The van der Waals surface area contributed by atoms with Crippen molar-refractivity contribution in [3.63, 3.8) is 0 Å². The molecule has 0 saturated heterocycles. The van der Waals surface area contributed by atoms with Gasteiger partial charge in [0.05, 0.1) is 21.8 Å². The second-order valence-corrected chi connectivity index (χ2v) is 8.56. The van der Waals surface area contributed by atoms with Gasteiger partial charge in [-0.2, -0.15) is 0 Å². The van der Waals surface area contributed by atoms with Gasteiger partial charge in [0.25, 0.3) is 10.0 Å². The van der Waals surface area contributed by atoms with Crippen LogP contribution in [0.3, 0.4) is 0 Å². The van der Waals surface area contributed by atoms with Crippen LogP contribution in [-0.2, 0) is 10.0 Å². The highest BCUT2D eigenvalue weighted by Crippen LogP contribution is 2.31. The van der Waals surface area contributed by atoms with Gasteiger partial charge in [0.15, 0.2) is 5.78 Å². The first-order chi connectivity index (χ1) is 14.0. The quantitative estimate of drug-likeness (QED) is 0.428. The number of nitrogens with zero attached hydrogens (tertiary/aromatic N) is 2. The number of pyridine rings is 1. The van der Waals surface area contributed by atoms with Crippen LogP contribution in [0.15, 0.2) is 83.9 Å². The maximum Gasteiger partial charge on any atom is 0.268 e. The molecule has 146 valence electrons. The molecule has 0 fully saturated rings. The fourth-order valence-corrected chi connectivity index (χ4v) is 4.92. The van der Waals surface area contributed by atoms with E-state index >= 15 is 0 Å². The van der Waals surface area contributed by atoms with Gasteiger partial charge in [-0.3, -0.25) is 9.78 Å². The molecular weight excluding hydrogens is 384 g/mol. The third-order valence-electron chi connectivity index (χ3n) is 4.77. The van der Waals surface area contributed by atoms with E-state index in [-0.39, 0.29) is 10.7 Å². The first kappa shape index (κ1) is 19.1. The Hall–Kier alpha value is -3.25. The molecule has 2 aromatic carbocycles. The van der Waals surface area contributed by atoms with E-state index in [4.69, 9.17) is 0 Å². The number of hydrogen-bond donors (Lipinski definition) is 0. The van der Waals surface area contributed by atoms with E-state index in [1.165, 1.54) is 3.97 Å². The summed E-state index contributed by atoms with van der Waals surface area (Å²) in [6.07, 6.45) is 2.74. The largest absolute Gasteiger partial charge is 0.294 e. The number of fused-ring (bicyclic) bond motifs is 1. The van der Waals surface area contributed by atoms with Crippen LogP contribution in [0.5, 0.6) is 0 Å². The normalized spacial score (nSPS) is 11.6. The number of benzene rings is 2. The summed E-state index contributed by atoms with van der Waals surface area (Å²) in [5, 5.41) is 0.786. The molecule has 5 nitrogen and oxygen atoms in total. The highest BCUT2D eigenvalue weighted by atomic mass is 32.2. The Morgan fingerprint density at radius 3 is 2.45 bits per heavy atom. The molecule has 0 atom stereocenters. The number of rotatable bonds is 6. The van der Waals surface area contributed by atoms with Crippen molar-refractivity contribution in [2.75, 3.05) is 0 Å². The van der Waals surface area contributed by atoms with E-state index in [0.29, 0.717) is 28.9 Å². The van der Waals surface area contributed by atoms with Gasteiger partial charge in [-0.05, 0) is 42.8 Å². The minimum Gasteiger partial charge on any atom is -0.294 e. The molecule has 4 aromatic rings. The van der Waals surface area contributed by atoms with Crippen LogP contribution in [0.1, 0.15) is 30.1 Å². The van der Waals surface area contributed by atoms with Crippen LogP contribution in [0.2, 0.25) is 0 Å². The molecule has 0 radical (unpaired) electrons. The second-order valence-electron chi connectivity index (χ2n) is 6.77. The first-order valence-corrected chi connectivity index (χ1v) is 10.9. The SMILES string of the molecule is CCCC(=O)c1ccnc(-c2cc3ccccc3n2S(=O)(=O)c2ccccc2)c1. The molecule has 2 aromatic heterocycles. The summed E-state index contributed by atoms with van der Waals surface area (Å²) >= 11 is 0. The van der Waals surface area contributed by atoms with Gasteiger partial charge < -0.3 is 0 Å². The summed E-state index contributed by atoms with van der Waals surface area (Å²) in [7, 11) is -3.85. The lowest BCUT2D eigenvalue weighted by Crippen LogP contribution is -2.14. The molecule has 0 amide bonds. The van der Waals surface area contributed by atoms with E-state index in [1.54, 1.807) is 66.9 Å². The smallest absolute Gasteiger partial charge is 0.268 e. The Balaban J connectivity index is 1.97. The standard InChI is InChI=1S/C23H20N2O3S/c1-2-8-23(26)18-13-14-24-20(15-18)22-16-17-9-6-7-12-21(17)25(22)29(27,28)19-10-4-3-5-11-19/h3-7,9-16H,2,8H2,1H3. The van der Waals surface area contributed by atoms with Crippen molar-refractivity contribution >= 4 is 26.7 Å². The Labute approximate surface area is 169 Å². The fourth-order valence-electron chi connectivity index (χ4n) is 3.38. The van der Waals surface area contributed by atoms with Crippen LogP contribution in [-0.4, -0.2) is 23.2 Å². The lowest BCUT2D eigenvalue weighted by Gasteiger charge is -2.12. The monoisotopic (exact) mass is 404 g/mol. The number of carbonyl (C=O) groups excluding carboxylic acids is 1. The predicted molar refractivity (Wildman–Crippen MR) is 113 cm³/mol. The number of Topliss-reactive ketones (excluding diaryl/α,β-unsaturated/α-hetero) is 1. The summed E-state index contributed by atoms with van der Waals surface area (Å²) in [5.74, 6) is 0.0183. The Morgan fingerprint density at radius 1 is 0.966 bits per heavy atom. The van der Waals surface area contributed by atoms with Gasteiger partial charge in [0.1, 0.15) is 0 Å². The van der Waals surface area contributed by atoms with Gasteiger partial charge in [-0.1, -0.05) is 43.3 Å². The number of carbonyl (C=O) groups is 1. The Kier molecular flexibility index (Phi) is 5.03. The average molecular weight is 404 g/mol. The maximum atomic E-state index is 13.5. The highest BCUT2D eigenvalue weighted by Gasteiger charge is 2.24. The summed E-state index contributed by atoms with van der Waals surface area (Å²) in [5.41, 5.74) is 1.98. The molecule has 0 aliphatic rings. The van der Waals surface area contributed by atoms with Crippen LogP contribution >= 0.6 is 0 Å². The maximum absolute atomic E-state index is 13.5. The van der Waals surface area contributed by atoms with Crippen molar-refractivity contribution in [1.29, 1.82) is 0 Å². The molecule has 0 aliphatic carbocycles. The summed E-state index contributed by atoms with van der Waals surface area (Å²) in [4.78, 5) is 16.9. The molecule has 0 bridgehead atoms. The molecule has 0 spiro atoms. The van der Waals surface area contributed by atoms with Gasteiger partial charge in [0.2, 0.25) is 0 Å². The van der Waals surface area contributed by atoms with Gasteiger partial charge in [0, 0.05) is 23.6 Å². The molecule has 0 aliphatic heterocycles. The molecule has 6 heteroatoms. The minimum atomic E-state index is -3.85. The lowest BCUT2D eigenvalue weighted by molar-refractivity contribution is 0.0981. The Bertz CT molecular complexity index is 1290. The zero-order valence-electron chi connectivity index (χ0n) is 15.9. The second kappa shape index (κ2) is 7.64. The van der Waals surface area contributed by atoms with E-state index in [0.717, 1.165) is 11.8 Å². The number of hydrogen-bond acceptors (Lipinski definition) is 4. The molecule has 29 heavy (non-hydrogen) atoms. The van der Waals surface area contributed by atoms with Crippen molar-refractivity contribution in [1.82, 2.24) is 8.96 Å². The zero-order valence-corrected chi connectivity index (χ0v) is 16.8. The van der Waals surface area contributed by atoms with Crippen LogP contribution in [0.4, 0.5) is 0 Å². The Morgan fingerprint density at radius 2 is 1.69 bits per heavy atom. The van der Waals surface area contributed by atoms with Crippen molar-refractivity contribution in [2.45, 2.75) is 24.7 Å². The van der Waals surface area contributed by atoms with E-state index < -0.39 is 10.0 Å². The van der Waals surface area contributed by atoms with Crippen molar-refractivity contribution in [3.05, 3.63) is 84.6 Å². The summed E-state index contributed by atoms with van der Waals surface area (Å²) in [6, 6.07) is 20.7. The number of ketones is 1. The van der Waals surface area contributed by atoms with Gasteiger partial charge in [-0.15, -0.1) is 0 Å². The zero-order chi connectivity index (χ0) is 20.4. The fraction of sp³-hybridized carbons (Fsp3) is 0.130. The van der Waals surface area contributed by atoms with Gasteiger partial charge >= 0.3 is 0 Å². The molecule has 0 saturated carbocycles. The third kappa shape index (κ3) is 3.47.